The van der Waals surface area contributed by atoms with E-state index >= 15 is 0 Å². The number of benzene rings is 1. The second kappa shape index (κ2) is 4.09. The van der Waals surface area contributed by atoms with Crippen LogP contribution in [0.15, 0.2) is 18.2 Å². The number of carbonyl (C=O) groups is 1. The molecule has 16 heavy (non-hydrogen) atoms. The summed E-state index contributed by atoms with van der Waals surface area (Å²) in [6.45, 7) is 0. The molecule has 0 aliphatic carbocycles. The van der Waals surface area contributed by atoms with Crippen molar-refractivity contribution in [3.05, 3.63) is 39.4 Å². The Morgan fingerprint density at radius 1 is 1.38 bits per heavy atom. The third kappa shape index (κ3) is 2.48. The molecular weight excluding hydrogens is 251 g/mol. The Kier molecular flexibility index (Phi) is 3.18. The number of halogens is 4. The minimum atomic E-state index is -4.68. The van der Waals surface area contributed by atoms with Gasteiger partial charge in [0.05, 0.1) is 10.5 Å². The molecule has 1 rings (SSSR count). The fraction of sp³-hybridized carbons (Fsp3) is 0.125. The van der Waals surface area contributed by atoms with Gasteiger partial charge in [-0.15, -0.1) is 0 Å². The first-order valence-corrected chi connectivity index (χ1v) is 4.16. The van der Waals surface area contributed by atoms with Crippen LogP contribution in [0.3, 0.4) is 0 Å². The molecular formula is C8H3ClF3NO3. The Morgan fingerprint density at radius 3 is 2.31 bits per heavy atom. The average molecular weight is 254 g/mol. The molecule has 0 radical (unpaired) electrons. The number of hydrogen-bond donors (Lipinski definition) is 0. The molecule has 0 aliphatic heterocycles. The van der Waals surface area contributed by atoms with Gasteiger partial charge >= 0.3 is 6.18 Å². The van der Waals surface area contributed by atoms with E-state index in [0.29, 0.717) is 18.2 Å². The van der Waals surface area contributed by atoms with Gasteiger partial charge in [-0.2, -0.15) is 13.2 Å². The Balaban J connectivity index is 3.40. The lowest BCUT2D eigenvalue weighted by Gasteiger charge is -2.07. The zero-order valence-electron chi connectivity index (χ0n) is 7.42. The monoisotopic (exact) mass is 253 g/mol. The highest BCUT2D eigenvalue weighted by Gasteiger charge is 2.33. The fourth-order valence-corrected chi connectivity index (χ4v) is 1.18. The standard InChI is InChI=1S/C8H3ClF3NO3/c9-7(14)5-3-4(8(10,11)12)1-2-6(5)13(15)16/h1-3H. The van der Waals surface area contributed by atoms with Crippen molar-refractivity contribution in [1.82, 2.24) is 0 Å². The molecule has 0 spiro atoms. The number of nitro benzene ring substituents is 1. The predicted octanol–water partition coefficient (Wildman–Crippen LogP) is 2.99. The maximum Gasteiger partial charge on any atom is 0.416 e. The Morgan fingerprint density at radius 2 is 1.94 bits per heavy atom. The Bertz CT molecular complexity index is 458. The molecule has 0 amide bonds. The van der Waals surface area contributed by atoms with Gasteiger partial charge in [-0.05, 0) is 23.7 Å². The van der Waals surface area contributed by atoms with Gasteiger partial charge in [0, 0.05) is 6.07 Å². The predicted molar refractivity (Wildman–Crippen MR) is 48.3 cm³/mol. The molecule has 4 nitrogen and oxygen atoms in total. The molecule has 1 aromatic carbocycles. The number of nitro groups is 1. The van der Waals surface area contributed by atoms with E-state index in [0.717, 1.165) is 0 Å². The van der Waals surface area contributed by atoms with E-state index in [1.54, 1.807) is 0 Å². The lowest BCUT2D eigenvalue weighted by Crippen LogP contribution is -2.07. The SMILES string of the molecule is O=C(Cl)c1cc(C(F)(F)F)ccc1[N+](=O)[O-]. The van der Waals surface area contributed by atoms with Gasteiger partial charge in [0.1, 0.15) is 5.56 Å². The summed E-state index contributed by atoms with van der Waals surface area (Å²) in [5.41, 5.74) is -2.70. The summed E-state index contributed by atoms with van der Waals surface area (Å²) in [7, 11) is 0. The molecule has 0 aromatic heterocycles. The summed E-state index contributed by atoms with van der Waals surface area (Å²) >= 11 is 4.96. The summed E-state index contributed by atoms with van der Waals surface area (Å²) in [4.78, 5) is 20.2. The lowest BCUT2D eigenvalue weighted by molar-refractivity contribution is -0.385. The van der Waals surface area contributed by atoms with Crippen molar-refractivity contribution < 1.29 is 22.9 Å². The van der Waals surface area contributed by atoms with Crippen LogP contribution in [-0.2, 0) is 6.18 Å². The zero-order valence-corrected chi connectivity index (χ0v) is 8.17. The van der Waals surface area contributed by atoms with Crippen LogP contribution in [0.5, 0.6) is 0 Å². The Hall–Kier alpha value is -1.63. The topological polar surface area (TPSA) is 60.2 Å². The minimum absolute atomic E-state index is 0.355. The average Bonchev–Trinajstić information content (AvgIpc) is 2.15. The summed E-state index contributed by atoms with van der Waals surface area (Å²) in [6, 6.07) is 1.47. The van der Waals surface area contributed by atoms with E-state index < -0.39 is 33.2 Å². The third-order valence-electron chi connectivity index (χ3n) is 1.73. The van der Waals surface area contributed by atoms with Crippen LogP contribution in [0.1, 0.15) is 15.9 Å². The van der Waals surface area contributed by atoms with Gasteiger partial charge in [-0.25, -0.2) is 0 Å². The molecule has 0 heterocycles. The second-order valence-electron chi connectivity index (χ2n) is 2.76. The van der Waals surface area contributed by atoms with Crippen molar-refractivity contribution in [3.63, 3.8) is 0 Å². The molecule has 0 atom stereocenters. The van der Waals surface area contributed by atoms with Gasteiger partial charge in [-0.1, -0.05) is 0 Å². The number of rotatable bonds is 2. The minimum Gasteiger partial charge on any atom is -0.275 e. The maximum absolute atomic E-state index is 12.2. The van der Waals surface area contributed by atoms with E-state index in [2.05, 4.69) is 0 Å². The van der Waals surface area contributed by atoms with Crippen LogP contribution in [0, 0.1) is 10.1 Å². The van der Waals surface area contributed by atoms with Crippen molar-refractivity contribution in [2.75, 3.05) is 0 Å². The van der Waals surface area contributed by atoms with E-state index in [1.807, 2.05) is 0 Å². The van der Waals surface area contributed by atoms with E-state index in [9.17, 15) is 28.1 Å². The van der Waals surface area contributed by atoms with Gasteiger partial charge in [0.15, 0.2) is 0 Å². The largest absolute Gasteiger partial charge is 0.416 e. The number of nitrogens with zero attached hydrogens (tertiary/aromatic N) is 1. The third-order valence-corrected chi connectivity index (χ3v) is 1.94. The first kappa shape index (κ1) is 12.4. The van der Waals surface area contributed by atoms with Crippen LogP contribution in [0.2, 0.25) is 0 Å². The highest BCUT2D eigenvalue weighted by molar-refractivity contribution is 6.68. The molecule has 0 fully saturated rings. The van der Waals surface area contributed by atoms with Crippen molar-refractivity contribution in [2.45, 2.75) is 6.18 Å². The normalized spacial score (nSPS) is 11.2. The van der Waals surface area contributed by atoms with Gasteiger partial charge in [0.25, 0.3) is 10.9 Å². The van der Waals surface area contributed by atoms with Crippen LogP contribution >= 0.6 is 11.6 Å². The first-order chi connectivity index (χ1) is 7.23. The van der Waals surface area contributed by atoms with Crippen LogP contribution < -0.4 is 0 Å². The van der Waals surface area contributed by atoms with Crippen molar-refractivity contribution in [3.8, 4) is 0 Å². The van der Waals surface area contributed by atoms with Crippen molar-refractivity contribution >= 4 is 22.5 Å². The summed E-state index contributed by atoms with van der Waals surface area (Å²) in [5.74, 6) is 0. The highest BCUT2D eigenvalue weighted by Crippen LogP contribution is 2.32. The smallest absolute Gasteiger partial charge is 0.275 e. The van der Waals surface area contributed by atoms with Crippen LogP contribution in [-0.4, -0.2) is 10.2 Å². The summed E-state index contributed by atoms with van der Waals surface area (Å²) in [6.07, 6.45) is -4.68. The Labute approximate surface area is 91.8 Å². The molecule has 0 N–H and O–H groups in total. The molecule has 8 heteroatoms. The molecule has 0 bridgehead atoms. The molecule has 0 saturated carbocycles. The van der Waals surface area contributed by atoms with Gasteiger partial charge in [0.2, 0.25) is 0 Å². The lowest BCUT2D eigenvalue weighted by atomic mass is 10.1. The van der Waals surface area contributed by atoms with Gasteiger partial charge < -0.3 is 0 Å². The van der Waals surface area contributed by atoms with E-state index in [4.69, 9.17) is 11.6 Å². The van der Waals surface area contributed by atoms with Crippen LogP contribution in [0.4, 0.5) is 18.9 Å². The van der Waals surface area contributed by atoms with E-state index in [-0.39, 0.29) is 0 Å². The van der Waals surface area contributed by atoms with Crippen molar-refractivity contribution in [1.29, 1.82) is 0 Å². The summed E-state index contributed by atoms with van der Waals surface area (Å²) in [5, 5.41) is 9.09. The highest BCUT2D eigenvalue weighted by atomic mass is 35.5. The molecule has 0 aliphatic rings. The maximum atomic E-state index is 12.2. The molecule has 1 aromatic rings. The number of carbonyl (C=O) groups excluding carboxylic acids is 1. The molecule has 0 unspecified atom stereocenters. The molecule has 86 valence electrons. The number of alkyl halides is 3. The van der Waals surface area contributed by atoms with Crippen molar-refractivity contribution in [2.24, 2.45) is 0 Å². The quantitative estimate of drug-likeness (QED) is 0.462. The van der Waals surface area contributed by atoms with Gasteiger partial charge in [-0.3, -0.25) is 14.9 Å². The summed E-state index contributed by atoms with van der Waals surface area (Å²) < 4.78 is 36.7. The fourth-order valence-electron chi connectivity index (χ4n) is 1.03. The van der Waals surface area contributed by atoms with Crippen LogP contribution in [0.25, 0.3) is 0 Å². The van der Waals surface area contributed by atoms with E-state index in [1.165, 1.54) is 0 Å². The first-order valence-electron chi connectivity index (χ1n) is 3.79. The second-order valence-corrected chi connectivity index (χ2v) is 3.10. The number of hydrogen-bond acceptors (Lipinski definition) is 3. The molecule has 0 saturated heterocycles. The zero-order chi connectivity index (χ0) is 12.5.